The van der Waals surface area contributed by atoms with Gasteiger partial charge in [-0.3, -0.25) is 19.4 Å². The molecule has 3 aromatic rings. The molecule has 2 aromatic carbocycles. The van der Waals surface area contributed by atoms with Gasteiger partial charge in [0.15, 0.2) is 11.5 Å². The zero-order chi connectivity index (χ0) is 26.0. The normalized spacial score (nSPS) is 14.0. The molecule has 9 nitrogen and oxygen atoms in total. The predicted molar refractivity (Wildman–Crippen MR) is 139 cm³/mol. The van der Waals surface area contributed by atoms with Gasteiger partial charge >= 0.3 is 17.2 Å². The molecule has 1 aliphatic heterocycles. The number of nitrogens with one attached hydrogen (secondary N) is 1. The van der Waals surface area contributed by atoms with Crippen LogP contribution in [0.3, 0.4) is 0 Å². The van der Waals surface area contributed by atoms with Gasteiger partial charge in [-0.15, -0.1) is 6.58 Å². The van der Waals surface area contributed by atoms with Gasteiger partial charge in [0.25, 0.3) is 6.17 Å². The molecule has 0 saturated carbocycles. The average molecular weight is 572 g/mol. The quantitative estimate of drug-likeness (QED) is 0.150. The number of hydrogen-bond acceptors (Lipinski definition) is 7. The lowest BCUT2D eigenvalue weighted by molar-refractivity contribution is -0.763. The Bertz CT molecular complexity index is 1420. The first-order chi connectivity index (χ1) is 17.3. The molecular formula is C25H24BrN4O5S+. The van der Waals surface area contributed by atoms with Gasteiger partial charge in [-0.25, -0.2) is 4.90 Å². The Balaban J connectivity index is 2.11. The highest BCUT2D eigenvalue weighted by Crippen LogP contribution is 2.44. The zero-order valence-electron chi connectivity index (χ0n) is 19.9. The summed E-state index contributed by atoms with van der Waals surface area (Å²) in [6.07, 6.45) is 0.745. The molecule has 1 N–H and O–H groups in total. The van der Waals surface area contributed by atoms with Gasteiger partial charge in [0.1, 0.15) is 0 Å². The highest BCUT2D eigenvalue weighted by Gasteiger charge is 2.47. The number of aromatic amines is 1. The maximum Gasteiger partial charge on any atom is 0.325 e. The molecule has 1 aromatic heterocycles. The summed E-state index contributed by atoms with van der Waals surface area (Å²) in [5, 5.41) is 5.06. The van der Waals surface area contributed by atoms with Crippen molar-refractivity contribution in [2.75, 3.05) is 17.3 Å². The van der Waals surface area contributed by atoms with Crippen molar-refractivity contribution >= 4 is 45.3 Å². The number of amides is 1. The van der Waals surface area contributed by atoms with E-state index in [1.54, 1.807) is 42.5 Å². The van der Waals surface area contributed by atoms with Gasteiger partial charge < -0.3 is 9.47 Å². The number of ether oxygens (including phenoxy) is 2. The standard InChI is InChI=1S/C25H23BrN4O5S/c1-5-11-36-25-27-23(33)21-17-9-7-8-10-19(17)29(14(3)31)24(30(21)28-25)18-12-16(26)13-20(34-6-2)22(18)35-15(4)32/h5,7-10,12-13,24H,1,6,11H2,2-4H3/p+1. The number of hydrogen-bond donors (Lipinski definition) is 1. The van der Waals surface area contributed by atoms with E-state index in [9.17, 15) is 14.4 Å². The van der Waals surface area contributed by atoms with E-state index in [1.165, 1.54) is 35.2 Å². The van der Waals surface area contributed by atoms with Gasteiger partial charge in [0, 0.05) is 29.2 Å². The summed E-state index contributed by atoms with van der Waals surface area (Å²) in [5.74, 6) is 0.122. The SMILES string of the molecule is C=CCSc1n[n+]2c(c(=O)[nH]1)-c1ccccc1N(C(C)=O)C2c1cc(Br)cc(OCC)c1OC(C)=O. The average Bonchev–Trinajstić information content (AvgIpc) is 2.82. The van der Waals surface area contributed by atoms with Crippen LogP contribution in [0.5, 0.6) is 11.5 Å². The first-order valence-electron chi connectivity index (χ1n) is 11.1. The minimum atomic E-state index is -0.955. The summed E-state index contributed by atoms with van der Waals surface area (Å²) in [6, 6.07) is 10.5. The number of rotatable bonds is 7. The number of fused-ring (bicyclic) bond motifs is 3. The summed E-state index contributed by atoms with van der Waals surface area (Å²) < 4.78 is 13.5. The first-order valence-corrected chi connectivity index (χ1v) is 12.9. The molecule has 2 heterocycles. The third-order valence-electron chi connectivity index (χ3n) is 5.31. The van der Waals surface area contributed by atoms with Crippen LogP contribution in [0.15, 0.2) is 63.5 Å². The fourth-order valence-corrected chi connectivity index (χ4v) is 5.13. The summed E-state index contributed by atoms with van der Waals surface area (Å²) in [5.41, 5.74) is 1.39. The smallest absolute Gasteiger partial charge is 0.325 e. The van der Waals surface area contributed by atoms with Crippen molar-refractivity contribution in [2.24, 2.45) is 0 Å². The topological polar surface area (TPSA) is 105 Å². The highest BCUT2D eigenvalue weighted by atomic mass is 79.9. The van der Waals surface area contributed by atoms with Crippen LogP contribution in [0.2, 0.25) is 0 Å². The van der Waals surface area contributed by atoms with Crippen LogP contribution < -0.4 is 24.6 Å². The van der Waals surface area contributed by atoms with Crippen LogP contribution in [0.25, 0.3) is 11.3 Å². The molecule has 11 heteroatoms. The summed E-state index contributed by atoms with van der Waals surface area (Å²) in [7, 11) is 0. The number of carbonyl (C=O) groups is 2. The number of para-hydroxylation sites is 1. The molecule has 0 saturated heterocycles. The van der Waals surface area contributed by atoms with Crippen molar-refractivity contribution in [3.63, 3.8) is 0 Å². The Labute approximate surface area is 220 Å². The number of halogens is 1. The second-order valence-electron chi connectivity index (χ2n) is 7.78. The number of aromatic nitrogens is 3. The van der Waals surface area contributed by atoms with E-state index in [4.69, 9.17) is 14.6 Å². The van der Waals surface area contributed by atoms with Gasteiger partial charge in [-0.2, -0.15) is 0 Å². The predicted octanol–water partition coefficient (Wildman–Crippen LogP) is 4.00. The third kappa shape index (κ3) is 4.80. The van der Waals surface area contributed by atoms with Crippen molar-refractivity contribution in [3.05, 3.63) is 69.4 Å². The Hall–Kier alpha value is -3.44. The van der Waals surface area contributed by atoms with E-state index in [-0.39, 0.29) is 22.9 Å². The maximum absolute atomic E-state index is 13.4. The largest absolute Gasteiger partial charge is 0.490 e. The van der Waals surface area contributed by atoms with E-state index in [1.807, 2.05) is 6.92 Å². The Kier molecular flexibility index (Phi) is 7.60. The lowest BCUT2D eigenvalue weighted by atomic mass is 10.0. The van der Waals surface area contributed by atoms with Gasteiger partial charge in [-0.1, -0.05) is 45.9 Å². The van der Waals surface area contributed by atoms with Crippen LogP contribution >= 0.6 is 27.7 Å². The summed E-state index contributed by atoms with van der Waals surface area (Å²) in [6.45, 7) is 8.57. The van der Waals surface area contributed by atoms with Crippen molar-refractivity contribution in [1.29, 1.82) is 0 Å². The van der Waals surface area contributed by atoms with Crippen molar-refractivity contribution in [1.82, 2.24) is 10.1 Å². The monoisotopic (exact) mass is 571 g/mol. The molecule has 1 atom stereocenters. The lowest BCUT2D eigenvalue weighted by Crippen LogP contribution is -2.60. The molecule has 36 heavy (non-hydrogen) atoms. The minimum absolute atomic E-state index is 0.143. The molecule has 186 valence electrons. The van der Waals surface area contributed by atoms with E-state index >= 15 is 0 Å². The minimum Gasteiger partial charge on any atom is -0.490 e. The first kappa shape index (κ1) is 25.6. The van der Waals surface area contributed by atoms with Crippen molar-refractivity contribution < 1.29 is 23.7 Å². The third-order valence-corrected chi connectivity index (χ3v) is 6.62. The summed E-state index contributed by atoms with van der Waals surface area (Å²) >= 11 is 4.80. The van der Waals surface area contributed by atoms with Gasteiger partial charge in [-0.05, 0) is 35.9 Å². The molecule has 0 bridgehead atoms. The number of esters is 1. The fourth-order valence-electron chi connectivity index (χ4n) is 4.09. The Morgan fingerprint density at radius 3 is 2.72 bits per heavy atom. The molecule has 0 radical (unpaired) electrons. The van der Waals surface area contributed by atoms with Crippen LogP contribution in [0, 0.1) is 0 Å². The maximum atomic E-state index is 13.4. The van der Waals surface area contributed by atoms with Crippen molar-refractivity contribution in [2.45, 2.75) is 32.1 Å². The van der Waals surface area contributed by atoms with Gasteiger partial charge in [0.05, 0.1) is 23.4 Å². The number of anilines is 1. The fraction of sp³-hybridized carbons (Fsp3) is 0.240. The molecule has 0 spiro atoms. The molecule has 0 fully saturated rings. The van der Waals surface area contributed by atoms with E-state index in [2.05, 4.69) is 27.5 Å². The Morgan fingerprint density at radius 2 is 2.06 bits per heavy atom. The van der Waals surface area contributed by atoms with Crippen LogP contribution in [0.4, 0.5) is 5.69 Å². The molecule has 1 aliphatic rings. The molecule has 1 unspecified atom stereocenters. The second kappa shape index (κ2) is 10.7. The molecule has 4 rings (SSSR count). The van der Waals surface area contributed by atoms with E-state index < -0.39 is 12.1 Å². The number of nitrogens with zero attached hydrogens (tertiary/aromatic N) is 3. The van der Waals surface area contributed by atoms with E-state index in [0.717, 1.165) is 0 Å². The van der Waals surface area contributed by atoms with Crippen LogP contribution in [-0.2, 0) is 9.59 Å². The Morgan fingerprint density at radius 1 is 1.31 bits per heavy atom. The van der Waals surface area contributed by atoms with Crippen LogP contribution in [-0.4, -0.2) is 34.3 Å². The number of benzene rings is 2. The highest BCUT2D eigenvalue weighted by molar-refractivity contribution is 9.10. The molecular weight excluding hydrogens is 548 g/mol. The van der Waals surface area contributed by atoms with E-state index in [0.29, 0.717) is 44.6 Å². The number of thioether (sulfide) groups is 1. The summed E-state index contributed by atoms with van der Waals surface area (Å²) in [4.78, 5) is 43.0. The second-order valence-corrected chi connectivity index (χ2v) is 9.71. The zero-order valence-corrected chi connectivity index (χ0v) is 22.3. The van der Waals surface area contributed by atoms with Crippen LogP contribution in [0.1, 0.15) is 32.5 Å². The molecule has 1 amide bonds. The lowest BCUT2D eigenvalue weighted by Gasteiger charge is -2.32. The molecule has 0 aliphatic carbocycles. The van der Waals surface area contributed by atoms with Gasteiger partial charge in [0.2, 0.25) is 11.1 Å². The van der Waals surface area contributed by atoms with Crippen molar-refractivity contribution in [3.8, 4) is 22.8 Å². The number of carbonyl (C=O) groups excluding carboxylic acids is 2. The number of H-pyrrole nitrogens is 1.